The molecule has 0 saturated heterocycles. The van der Waals surface area contributed by atoms with Gasteiger partial charge in [-0.05, 0) is 60.9 Å². The molecular weight excluding hydrogens is 592 g/mol. The second kappa shape index (κ2) is 10.8. The first kappa shape index (κ1) is 28.7. The van der Waals surface area contributed by atoms with Crippen LogP contribution in [0.25, 0.3) is 11.0 Å². The number of carbonyl (C=O) groups is 2. The van der Waals surface area contributed by atoms with Crippen LogP contribution in [-0.4, -0.2) is 37.5 Å². The first-order chi connectivity index (χ1) is 21.8. The van der Waals surface area contributed by atoms with E-state index >= 15 is 4.79 Å². The first-order valence-electron chi connectivity index (χ1n) is 14.5. The van der Waals surface area contributed by atoms with Crippen LogP contribution in [0.3, 0.4) is 0 Å². The van der Waals surface area contributed by atoms with E-state index in [9.17, 15) is 9.59 Å². The summed E-state index contributed by atoms with van der Waals surface area (Å²) in [5.74, 6) is 0.0718. The fourth-order valence-corrected chi connectivity index (χ4v) is 6.86. The number of benzene rings is 4. The number of anilines is 1. The van der Waals surface area contributed by atoms with E-state index in [1.54, 1.807) is 37.3 Å². The van der Waals surface area contributed by atoms with E-state index < -0.39 is 22.8 Å². The standard InChI is InChI=1S/C36H29ClN2O6/c1-21-7-6-8-23(17-21)20-38-27-10-5-4-9-26(27)36(35(38)42)31-32(40)25-19-24(37)12-14-28(25)45-33(31)34(41)39(36)16-15-22-11-13-29(43-2)30(18-22)44-3/h4-14,17-19H,15-16,20H2,1-3H3. The Bertz CT molecular complexity index is 2090. The lowest BCUT2D eigenvalue weighted by Crippen LogP contribution is -2.53. The number of fused-ring (bicyclic) bond motifs is 5. The van der Waals surface area contributed by atoms with Gasteiger partial charge in [-0.3, -0.25) is 14.4 Å². The molecule has 0 radical (unpaired) electrons. The van der Waals surface area contributed by atoms with Gasteiger partial charge in [0.2, 0.25) is 5.76 Å². The Morgan fingerprint density at radius 3 is 2.42 bits per heavy atom. The molecular formula is C36H29ClN2O6. The predicted octanol–water partition coefficient (Wildman–Crippen LogP) is 6.26. The minimum Gasteiger partial charge on any atom is -0.493 e. The third kappa shape index (κ3) is 4.31. The number of ether oxygens (including phenoxy) is 2. The highest BCUT2D eigenvalue weighted by atomic mass is 35.5. The second-order valence-corrected chi connectivity index (χ2v) is 11.7. The number of hydrogen-bond acceptors (Lipinski definition) is 6. The number of methoxy groups -OCH3 is 2. The van der Waals surface area contributed by atoms with Crippen LogP contribution in [0.1, 0.15) is 38.4 Å². The molecule has 45 heavy (non-hydrogen) atoms. The highest BCUT2D eigenvalue weighted by Crippen LogP contribution is 2.53. The largest absolute Gasteiger partial charge is 0.493 e. The molecule has 1 spiro atoms. The minimum atomic E-state index is -1.74. The summed E-state index contributed by atoms with van der Waals surface area (Å²) in [4.78, 5) is 47.0. The lowest BCUT2D eigenvalue weighted by atomic mass is 9.83. The number of aryl methyl sites for hydroxylation is 1. The van der Waals surface area contributed by atoms with Crippen molar-refractivity contribution in [1.82, 2.24) is 4.90 Å². The van der Waals surface area contributed by atoms with Crippen molar-refractivity contribution in [2.24, 2.45) is 0 Å². The Kier molecular flexibility index (Phi) is 6.89. The Morgan fingerprint density at radius 1 is 0.844 bits per heavy atom. The molecule has 0 N–H and O–H groups in total. The van der Waals surface area contributed by atoms with Gasteiger partial charge in [0, 0.05) is 17.1 Å². The second-order valence-electron chi connectivity index (χ2n) is 11.3. The summed E-state index contributed by atoms with van der Waals surface area (Å²) in [6.07, 6.45) is 0.370. The number of hydrogen-bond donors (Lipinski definition) is 0. The molecule has 2 aliphatic rings. The van der Waals surface area contributed by atoms with Gasteiger partial charge < -0.3 is 23.7 Å². The normalized spacial score (nSPS) is 16.9. The van der Waals surface area contributed by atoms with Crippen molar-refractivity contribution in [1.29, 1.82) is 0 Å². The van der Waals surface area contributed by atoms with Gasteiger partial charge in [-0.25, -0.2) is 0 Å². The van der Waals surface area contributed by atoms with Crippen LogP contribution in [0.2, 0.25) is 5.02 Å². The molecule has 2 aliphatic heterocycles. The van der Waals surface area contributed by atoms with Crippen molar-refractivity contribution in [3.05, 3.63) is 134 Å². The van der Waals surface area contributed by atoms with E-state index in [1.807, 2.05) is 67.6 Å². The number of para-hydroxylation sites is 1. The van der Waals surface area contributed by atoms with Gasteiger partial charge in [0.25, 0.3) is 11.8 Å². The van der Waals surface area contributed by atoms with Crippen molar-refractivity contribution < 1.29 is 23.5 Å². The summed E-state index contributed by atoms with van der Waals surface area (Å²) in [6.45, 7) is 2.37. The van der Waals surface area contributed by atoms with E-state index in [2.05, 4.69) is 0 Å². The van der Waals surface area contributed by atoms with Crippen molar-refractivity contribution in [2.75, 3.05) is 25.7 Å². The topological polar surface area (TPSA) is 89.3 Å². The fraction of sp³-hybridized carbons (Fsp3) is 0.194. The van der Waals surface area contributed by atoms with Gasteiger partial charge in [0.15, 0.2) is 22.5 Å². The number of carbonyl (C=O) groups excluding carboxylic acids is 2. The van der Waals surface area contributed by atoms with Crippen LogP contribution in [0, 0.1) is 6.92 Å². The van der Waals surface area contributed by atoms with Gasteiger partial charge in [-0.1, -0.05) is 65.7 Å². The summed E-state index contributed by atoms with van der Waals surface area (Å²) in [6, 6.07) is 25.5. The highest BCUT2D eigenvalue weighted by Gasteiger charge is 2.64. The molecule has 1 aromatic heterocycles. The summed E-state index contributed by atoms with van der Waals surface area (Å²) >= 11 is 6.30. The molecule has 2 amide bonds. The number of halogens is 1. The molecule has 0 bridgehead atoms. The molecule has 1 atom stereocenters. The van der Waals surface area contributed by atoms with Gasteiger partial charge in [0.1, 0.15) is 5.58 Å². The van der Waals surface area contributed by atoms with Crippen LogP contribution in [0.4, 0.5) is 5.69 Å². The maximum absolute atomic E-state index is 15.0. The SMILES string of the molecule is COc1ccc(CCN2C(=O)c3oc4ccc(Cl)cc4c(=O)c3C23C(=O)N(Cc2cccc(C)c2)c2ccccc23)cc1OC. The first-order valence-corrected chi connectivity index (χ1v) is 14.9. The molecule has 0 fully saturated rings. The van der Waals surface area contributed by atoms with Crippen molar-refractivity contribution in [2.45, 2.75) is 25.4 Å². The average molecular weight is 621 g/mol. The molecule has 0 saturated carbocycles. The zero-order valence-electron chi connectivity index (χ0n) is 24.9. The smallest absolute Gasteiger partial charge is 0.291 e. The summed E-state index contributed by atoms with van der Waals surface area (Å²) in [7, 11) is 3.12. The lowest BCUT2D eigenvalue weighted by Gasteiger charge is -2.34. The summed E-state index contributed by atoms with van der Waals surface area (Å²) < 4.78 is 17.0. The molecule has 1 unspecified atom stereocenters. The molecule has 9 heteroatoms. The third-order valence-corrected chi connectivity index (χ3v) is 8.93. The Morgan fingerprint density at radius 2 is 1.64 bits per heavy atom. The maximum Gasteiger partial charge on any atom is 0.291 e. The molecule has 8 nitrogen and oxygen atoms in total. The van der Waals surface area contributed by atoms with Gasteiger partial charge in [-0.15, -0.1) is 0 Å². The zero-order valence-corrected chi connectivity index (χ0v) is 25.7. The highest BCUT2D eigenvalue weighted by molar-refractivity contribution is 6.31. The van der Waals surface area contributed by atoms with E-state index in [1.165, 1.54) is 11.0 Å². The summed E-state index contributed by atoms with van der Waals surface area (Å²) in [5.41, 5.74) is 2.07. The monoisotopic (exact) mass is 620 g/mol. The lowest BCUT2D eigenvalue weighted by molar-refractivity contribution is -0.126. The van der Waals surface area contributed by atoms with E-state index in [-0.39, 0.29) is 35.4 Å². The van der Waals surface area contributed by atoms with E-state index in [4.69, 9.17) is 25.5 Å². The maximum atomic E-state index is 15.0. The van der Waals surface area contributed by atoms with Gasteiger partial charge >= 0.3 is 0 Å². The predicted molar refractivity (Wildman–Crippen MR) is 171 cm³/mol. The van der Waals surface area contributed by atoms with Crippen LogP contribution < -0.4 is 19.8 Å². The summed E-state index contributed by atoms with van der Waals surface area (Å²) in [5, 5.41) is 0.551. The molecule has 3 heterocycles. The number of amides is 2. The molecule has 0 aliphatic carbocycles. The van der Waals surface area contributed by atoms with E-state index in [0.717, 1.165) is 16.7 Å². The quantitative estimate of drug-likeness (QED) is 0.213. The van der Waals surface area contributed by atoms with Crippen molar-refractivity contribution in [3.8, 4) is 11.5 Å². The van der Waals surface area contributed by atoms with Gasteiger partial charge in [0.05, 0.1) is 37.4 Å². The molecule has 4 aromatic carbocycles. The van der Waals surface area contributed by atoms with Crippen molar-refractivity contribution in [3.63, 3.8) is 0 Å². The molecule has 7 rings (SSSR count). The number of rotatable bonds is 7. The van der Waals surface area contributed by atoms with E-state index in [0.29, 0.717) is 34.2 Å². The van der Waals surface area contributed by atoms with Crippen LogP contribution in [-0.2, 0) is 23.3 Å². The van der Waals surface area contributed by atoms with Gasteiger partial charge in [-0.2, -0.15) is 0 Å². The molecule has 226 valence electrons. The molecule has 5 aromatic rings. The number of nitrogens with zero attached hydrogens (tertiary/aromatic N) is 2. The Labute approximate surface area is 264 Å². The average Bonchev–Trinajstić information content (AvgIpc) is 3.44. The van der Waals surface area contributed by atoms with Crippen LogP contribution in [0.5, 0.6) is 11.5 Å². The fourth-order valence-electron chi connectivity index (χ4n) is 6.69. The Balaban J connectivity index is 1.43. The Hall–Kier alpha value is -5.08. The third-order valence-electron chi connectivity index (χ3n) is 8.69. The van der Waals surface area contributed by atoms with Crippen LogP contribution >= 0.6 is 11.6 Å². The minimum absolute atomic E-state index is 0.0128. The zero-order chi connectivity index (χ0) is 31.5. The van der Waals surface area contributed by atoms with Crippen LogP contribution in [0.15, 0.2) is 94.1 Å². The van der Waals surface area contributed by atoms with Crippen molar-refractivity contribution >= 4 is 40.1 Å².